The van der Waals surface area contributed by atoms with Gasteiger partial charge in [0.2, 0.25) is 0 Å². The van der Waals surface area contributed by atoms with Gasteiger partial charge in [0.15, 0.2) is 0 Å². The molecule has 0 spiro atoms. The van der Waals surface area contributed by atoms with E-state index in [2.05, 4.69) is 11.8 Å². The number of halogens is 2. The Labute approximate surface area is 130 Å². The molecule has 0 aliphatic heterocycles. The highest BCUT2D eigenvalue weighted by atomic mass is 35.5. The first-order chi connectivity index (χ1) is 10.1. The van der Waals surface area contributed by atoms with Crippen LogP contribution in [0.4, 0.5) is 10.1 Å². The summed E-state index contributed by atoms with van der Waals surface area (Å²) in [6.45, 7) is 4.33. The summed E-state index contributed by atoms with van der Waals surface area (Å²) in [4.78, 5) is 2.21. The fourth-order valence-corrected chi connectivity index (χ4v) is 2.53. The molecule has 0 fully saturated rings. The van der Waals surface area contributed by atoms with E-state index in [1.54, 1.807) is 12.1 Å². The molecule has 0 aliphatic rings. The first-order valence-corrected chi connectivity index (χ1v) is 7.47. The van der Waals surface area contributed by atoms with E-state index in [0.29, 0.717) is 17.1 Å². The van der Waals surface area contributed by atoms with Crippen molar-refractivity contribution in [3.63, 3.8) is 0 Å². The third-order valence-corrected chi connectivity index (χ3v) is 3.54. The molecule has 2 aromatic carbocycles. The summed E-state index contributed by atoms with van der Waals surface area (Å²) in [5.74, 6) is -0.254. The zero-order valence-electron chi connectivity index (χ0n) is 12.2. The number of anilines is 1. The first kappa shape index (κ1) is 15.8. The van der Waals surface area contributed by atoms with Crippen LogP contribution in [0.2, 0.25) is 5.02 Å². The van der Waals surface area contributed by atoms with Crippen LogP contribution < -0.4 is 5.73 Å². The van der Waals surface area contributed by atoms with Crippen LogP contribution in [0.1, 0.15) is 24.5 Å². The number of hydrogen-bond acceptors (Lipinski definition) is 2. The molecule has 2 aromatic rings. The fraction of sp³-hybridized carbons (Fsp3) is 0.294. The van der Waals surface area contributed by atoms with Gasteiger partial charge in [-0.3, -0.25) is 4.90 Å². The molecule has 0 atom stereocenters. The lowest BCUT2D eigenvalue weighted by atomic mass is 10.1. The van der Waals surface area contributed by atoms with Crippen molar-refractivity contribution in [3.8, 4) is 0 Å². The molecule has 112 valence electrons. The molecule has 0 aromatic heterocycles. The van der Waals surface area contributed by atoms with Crippen molar-refractivity contribution in [2.24, 2.45) is 0 Å². The van der Waals surface area contributed by atoms with Gasteiger partial charge in [-0.1, -0.05) is 36.7 Å². The highest BCUT2D eigenvalue weighted by Gasteiger charge is 2.10. The van der Waals surface area contributed by atoms with Crippen molar-refractivity contribution in [1.82, 2.24) is 4.90 Å². The van der Waals surface area contributed by atoms with Gasteiger partial charge in [-0.25, -0.2) is 4.39 Å². The van der Waals surface area contributed by atoms with E-state index in [4.69, 9.17) is 17.3 Å². The topological polar surface area (TPSA) is 29.3 Å². The molecule has 2 N–H and O–H groups in total. The molecular weight excluding hydrogens is 287 g/mol. The van der Waals surface area contributed by atoms with Crippen LogP contribution in [0.25, 0.3) is 0 Å². The van der Waals surface area contributed by atoms with Crippen LogP contribution in [-0.4, -0.2) is 11.4 Å². The Balaban J connectivity index is 2.11. The lowest BCUT2D eigenvalue weighted by Gasteiger charge is -2.22. The van der Waals surface area contributed by atoms with Gasteiger partial charge in [0.05, 0.1) is 0 Å². The maximum Gasteiger partial charge on any atom is 0.129 e. The Kier molecular flexibility index (Phi) is 5.59. The van der Waals surface area contributed by atoms with E-state index in [-0.39, 0.29) is 5.82 Å². The SMILES string of the molecule is CCCN(Cc1cccc(N)c1)Cc1ccc(Cl)cc1F. The van der Waals surface area contributed by atoms with Gasteiger partial charge in [-0.05, 0) is 42.8 Å². The minimum atomic E-state index is -0.254. The molecule has 4 heteroatoms. The van der Waals surface area contributed by atoms with Gasteiger partial charge >= 0.3 is 0 Å². The number of benzene rings is 2. The second kappa shape index (κ2) is 7.43. The van der Waals surface area contributed by atoms with E-state index < -0.39 is 0 Å². The zero-order chi connectivity index (χ0) is 15.2. The van der Waals surface area contributed by atoms with Crippen LogP contribution in [0.15, 0.2) is 42.5 Å². The monoisotopic (exact) mass is 306 g/mol. The smallest absolute Gasteiger partial charge is 0.129 e. The minimum absolute atomic E-state index is 0.254. The molecule has 2 rings (SSSR count). The zero-order valence-corrected chi connectivity index (χ0v) is 12.9. The molecule has 0 radical (unpaired) electrons. The number of nitrogens with zero attached hydrogens (tertiary/aromatic N) is 1. The van der Waals surface area contributed by atoms with Gasteiger partial charge in [0, 0.05) is 29.4 Å². The first-order valence-electron chi connectivity index (χ1n) is 7.09. The predicted molar refractivity (Wildman–Crippen MR) is 86.7 cm³/mol. The number of hydrogen-bond donors (Lipinski definition) is 1. The second-order valence-electron chi connectivity index (χ2n) is 5.19. The van der Waals surface area contributed by atoms with Gasteiger partial charge in [-0.2, -0.15) is 0 Å². The quantitative estimate of drug-likeness (QED) is 0.798. The minimum Gasteiger partial charge on any atom is -0.399 e. The van der Waals surface area contributed by atoms with Crippen LogP contribution >= 0.6 is 11.6 Å². The molecule has 0 amide bonds. The molecule has 0 aliphatic carbocycles. The van der Waals surface area contributed by atoms with Gasteiger partial charge < -0.3 is 5.73 Å². The van der Waals surface area contributed by atoms with Crippen molar-refractivity contribution < 1.29 is 4.39 Å². The van der Waals surface area contributed by atoms with E-state index >= 15 is 0 Å². The average Bonchev–Trinajstić information content (AvgIpc) is 2.42. The summed E-state index contributed by atoms with van der Waals surface area (Å²) in [5, 5.41) is 0.425. The predicted octanol–water partition coefficient (Wildman–Crippen LogP) is 4.47. The lowest BCUT2D eigenvalue weighted by molar-refractivity contribution is 0.253. The summed E-state index contributed by atoms with van der Waals surface area (Å²) in [7, 11) is 0. The van der Waals surface area contributed by atoms with Crippen LogP contribution in [-0.2, 0) is 13.1 Å². The molecule has 0 saturated carbocycles. The summed E-state index contributed by atoms with van der Waals surface area (Å²) >= 11 is 5.79. The van der Waals surface area contributed by atoms with Crippen molar-refractivity contribution >= 4 is 17.3 Å². The van der Waals surface area contributed by atoms with Gasteiger partial charge in [0.1, 0.15) is 5.82 Å². The molecular formula is C17H20ClFN2. The van der Waals surface area contributed by atoms with E-state index in [9.17, 15) is 4.39 Å². The standard InChI is InChI=1S/C17H20ClFN2/c1-2-8-21(11-13-4-3-5-16(20)9-13)12-14-6-7-15(18)10-17(14)19/h3-7,9-10H,2,8,11-12,20H2,1H3. The highest BCUT2D eigenvalue weighted by Crippen LogP contribution is 2.18. The fourth-order valence-electron chi connectivity index (χ4n) is 2.37. The third-order valence-electron chi connectivity index (χ3n) is 3.31. The molecule has 0 heterocycles. The molecule has 2 nitrogen and oxygen atoms in total. The maximum absolute atomic E-state index is 13.9. The molecule has 0 saturated heterocycles. The third kappa shape index (κ3) is 4.73. The van der Waals surface area contributed by atoms with E-state index in [1.807, 2.05) is 24.3 Å². The summed E-state index contributed by atoms with van der Waals surface area (Å²) < 4.78 is 13.9. The Bertz CT molecular complexity index is 601. The van der Waals surface area contributed by atoms with Crippen molar-refractivity contribution in [1.29, 1.82) is 0 Å². The summed E-state index contributed by atoms with van der Waals surface area (Å²) in [6.07, 6.45) is 1.01. The van der Waals surface area contributed by atoms with Crippen LogP contribution in [0, 0.1) is 5.82 Å². The Hall–Kier alpha value is -1.58. The van der Waals surface area contributed by atoms with E-state index in [0.717, 1.165) is 30.8 Å². The maximum atomic E-state index is 13.9. The largest absolute Gasteiger partial charge is 0.399 e. The van der Waals surface area contributed by atoms with Crippen molar-refractivity contribution in [2.45, 2.75) is 26.4 Å². The van der Waals surface area contributed by atoms with Gasteiger partial charge in [0.25, 0.3) is 0 Å². The summed E-state index contributed by atoms with van der Waals surface area (Å²) in [6, 6.07) is 12.6. The van der Waals surface area contributed by atoms with Gasteiger partial charge in [-0.15, -0.1) is 0 Å². The number of nitrogens with two attached hydrogens (primary N) is 1. The Morgan fingerprint density at radius 2 is 1.95 bits per heavy atom. The number of nitrogen functional groups attached to an aromatic ring is 1. The summed E-state index contributed by atoms with van der Waals surface area (Å²) in [5.41, 5.74) is 8.36. The average molecular weight is 307 g/mol. The molecule has 0 bridgehead atoms. The highest BCUT2D eigenvalue weighted by molar-refractivity contribution is 6.30. The number of rotatable bonds is 6. The second-order valence-corrected chi connectivity index (χ2v) is 5.63. The molecule has 0 unspecified atom stereocenters. The van der Waals surface area contributed by atoms with Crippen LogP contribution in [0.3, 0.4) is 0 Å². The Morgan fingerprint density at radius 1 is 1.14 bits per heavy atom. The normalized spacial score (nSPS) is 11.0. The van der Waals surface area contributed by atoms with Crippen LogP contribution in [0.5, 0.6) is 0 Å². The molecule has 21 heavy (non-hydrogen) atoms. The van der Waals surface area contributed by atoms with Crippen molar-refractivity contribution in [2.75, 3.05) is 12.3 Å². The Morgan fingerprint density at radius 3 is 2.62 bits per heavy atom. The van der Waals surface area contributed by atoms with Crippen molar-refractivity contribution in [3.05, 3.63) is 64.4 Å². The lowest BCUT2D eigenvalue weighted by Crippen LogP contribution is -2.24. The van der Waals surface area contributed by atoms with E-state index in [1.165, 1.54) is 6.07 Å².